The van der Waals surface area contributed by atoms with Gasteiger partial charge in [-0.05, 0) is 37.5 Å². The lowest BCUT2D eigenvalue weighted by Crippen LogP contribution is -2.15. The van der Waals surface area contributed by atoms with Crippen LogP contribution in [0.25, 0.3) is 0 Å². The van der Waals surface area contributed by atoms with Crippen molar-refractivity contribution < 1.29 is 13.2 Å². The molecule has 0 atom stereocenters. The lowest BCUT2D eigenvalue weighted by molar-refractivity contribution is 0.0163. The predicted octanol–water partition coefficient (Wildman–Crippen LogP) is 4.57. The van der Waals surface area contributed by atoms with E-state index in [4.69, 9.17) is 0 Å². The Labute approximate surface area is 94.5 Å². The molecule has 0 heterocycles. The van der Waals surface area contributed by atoms with Gasteiger partial charge in [0.15, 0.2) is 0 Å². The monoisotopic (exact) mass is 230 g/mol. The van der Waals surface area contributed by atoms with Crippen molar-refractivity contribution in [3.8, 4) is 0 Å². The molecule has 0 nitrogen and oxygen atoms in total. The molecule has 1 aromatic carbocycles. The first kappa shape index (κ1) is 13.1. The summed E-state index contributed by atoms with van der Waals surface area (Å²) in [4.78, 5) is 0. The average molecular weight is 230 g/mol. The van der Waals surface area contributed by atoms with Crippen molar-refractivity contribution in [1.82, 2.24) is 0 Å². The van der Waals surface area contributed by atoms with Gasteiger partial charge >= 0.3 is 0 Å². The fourth-order valence-electron chi connectivity index (χ4n) is 1.66. The lowest BCUT2D eigenvalue weighted by Gasteiger charge is -2.20. The first-order chi connectivity index (χ1) is 7.16. The number of rotatable bonds is 3. The minimum Gasteiger partial charge on any atom is -0.239 e. The Morgan fingerprint density at radius 3 is 2.00 bits per heavy atom. The highest BCUT2D eigenvalue weighted by Crippen LogP contribution is 2.34. The van der Waals surface area contributed by atoms with E-state index in [1.165, 1.54) is 19.9 Å². The molecule has 0 aromatic heterocycles. The van der Waals surface area contributed by atoms with E-state index in [2.05, 4.69) is 0 Å². The maximum atomic E-state index is 13.7. The molecule has 0 aliphatic rings. The first-order valence-corrected chi connectivity index (χ1v) is 5.37. The number of benzene rings is 1. The molecular weight excluding hydrogens is 213 g/mol. The summed E-state index contributed by atoms with van der Waals surface area (Å²) in [5.41, 5.74) is -0.799. The van der Waals surface area contributed by atoms with E-state index < -0.39 is 11.6 Å². The van der Waals surface area contributed by atoms with Gasteiger partial charge < -0.3 is 0 Å². The third kappa shape index (κ3) is 2.77. The van der Waals surface area contributed by atoms with Gasteiger partial charge in [0, 0.05) is 12.5 Å². The normalized spacial score (nSPS) is 12.9. The number of halogens is 3. The van der Waals surface area contributed by atoms with Gasteiger partial charge in [0.25, 0.3) is 5.92 Å². The third-order valence-electron chi connectivity index (χ3n) is 2.65. The van der Waals surface area contributed by atoms with Crippen molar-refractivity contribution in [2.75, 3.05) is 0 Å². The highest BCUT2D eigenvalue weighted by Gasteiger charge is 2.29. The van der Waals surface area contributed by atoms with E-state index in [-0.39, 0.29) is 5.56 Å². The zero-order valence-corrected chi connectivity index (χ0v) is 10.1. The fourth-order valence-corrected chi connectivity index (χ4v) is 1.66. The Balaban J connectivity index is 3.34. The van der Waals surface area contributed by atoms with Crippen molar-refractivity contribution in [3.05, 3.63) is 34.9 Å². The van der Waals surface area contributed by atoms with Gasteiger partial charge in [0.1, 0.15) is 5.67 Å². The second-order valence-electron chi connectivity index (χ2n) is 4.59. The SMILES string of the molecule is CCc1ccc(C(C)(C)F)cc1C(C)(F)F. The second-order valence-corrected chi connectivity index (χ2v) is 4.59. The van der Waals surface area contributed by atoms with Crippen LogP contribution in [-0.2, 0) is 18.0 Å². The van der Waals surface area contributed by atoms with Crippen LogP contribution in [0.15, 0.2) is 18.2 Å². The highest BCUT2D eigenvalue weighted by molar-refractivity contribution is 5.37. The lowest BCUT2D eigenvalue weighted by atomic mass is 9.92. The highest BCUT2D eigenvalue weighted by atomic mass is 19.3. The number of hydrogen-bond acceptors (Lipinski definition) is 0. The van der Waals surface area contributed by atoms with Crippen LogP contribution >= 0.6 is 0 Å². The number of hydrogen-bond donors (Lipinski definition) is 0. The largest absolute Gasteiger partial charge is 0.270 e. The van der Waals surface area contributed by atoms with Gasteiger partial charge in [-0.25, -0.2) is 13.2 Å². The third-order valence-corrected chi connectivity index (χ3v) is 2.65. The fraction of sp³-hybridized carbons (Fsp3) is 0.538. The van der Waals surface area contributed by atoms with Gasteiger partial charge in [-0.3, -0.25) is 0 Å². The molecule has 0 radical (unpaired) electrons. The van der Waals surface area contributed by atoms with Gasteiger partial charge in [0.05, 0.1) is 0 Å². The summed E-state index contributed by atoms with van der Waals surface area (Å²) in [5, 5.41) is 0. The minimum atomic E-state index is -2.92. The molecule has 1 aromatic rings. The Morgan fingerprint density at radius 2 is 1.62 bits per heavy atom. The smallest absolute Gasteiger partial charge is 0.239 e. The maximum Gasteiger partial charge on any atom is 0.270 e. The molecule has 0 N–H and O–H groups in total. The number of alkyl halides is 3. The zero-order chi connectivity index (χ0) is 12.6. The van der Waals surface area contributed by atoms with Crippen LogP contribution in [0.5, 0.6) is 0 Å². The molecule has 3 heteroatoms. The molecule has 1 rings (SSSR count). The van der Waals surface area contributed by atoms with Crippen LogP contribution in [0.3, 0.4) is 0 Å². The van der Waals surface area contributed by atoms with Crippen LogP contribution in [0.4, 0.5) is 13.2 Å². The molecule has 0 bridgehead atoms. The molecule has 0 spiro atoms. The van der Waals surface area contributed by atoms with Crippen molar-refractivity contribution in [1.29, 1.82) is 0 Å². The Kier molecular flexibility index (Phi) is 3.36. The van der Waals surface area contributed by atoms with E-state index >= 15 is 0 Å². The van der Waals surface area contributed by atoms with Crippen LogP contribution in [0.2, 0.25) is 0 Å². The summed E-state index contributed by atoms with van der Waals surface area (Å²) < 4.78 is 40.4. The van der Waals surface area contributed by atoms with Crippen molar-refractivity contribution >= 4 is 0 Å². The molecule has 0 aliphatic heterocycles. The van der Waals surface area contributed by atoms with Gasteiger partial charge in [-0.2, -0.15) is 0 Å². The first-order valence-electron chi connectivity index (χ1n) is 5.37. The summed E-state index contributed by atoms with van der Waals surface area (Å²) in [6, 6.07) is 4.44. The van der Waals surface area contributed by atoms with E-state index in [9.17, 15) is 13.2 Å². The molecular formula is C13H17F3. The Morgan fingerprint density at radius 1 is 1.06 bits per heavy atom. The van der Waals surface area contributed by atoms with Crippen LogP contribution in [-0.4, -0.2) is 0 Å². The zero-order valence-electron chi connectivity index (χ0n) is 10.1. The summed E-state index contributed by atoms with van der Waals surface area (Å²) in [6.45, 7) is 5.39. The summed E-state index contributed by atoms with van der Waals surface area (Å²) >= 11 is 0. The molecule has 0 saturated carbocycles. The van der Waals surface area contributed by atoms with E-state index in [1.807, 2.05) is 6.92 Å². The van der Waals surface area contributed by atoms with Crippen LogP contribution in [0, 0.1) is 0 Å². The van der Waals surface area contributed by atoms with Gasteiger partial charge in [-0.15, -0.1) is 0 Å². The quantitative estimate of drug-likeness (QED) is 0.713. The minimum absolute atomic E-state index is 0.0711. The molecule has 0 saturated heterocycles. The Bertz CT molecular complexity index is 370. The standard InChI is InChI=1S/C13H17F3/c1-5-9-6-7-10(12(2,3)14)8-11(9)13(4,15)16/h6-8H,5H2,1-4H3. The van der Waals surface area contributed by atoms with Gasteiger partial charge in [-0.1, -0.05) is 19.1 Å². The molecule has 0 unspecified atom stereocenters. The summed E-state index contributed by atoms with van der Waals surface area (Å²) in [5.74, 6) is -2.92. The predicted molar refractivity (Wildman–Crippen MR) is 59.5 cm³/mol. The maximum absolute atomic E-state index is 13.7. The molecule has 0 fully saturated rings. The molecule has 0 amide bonds. The van der Waals surface area contributed by atoms with Crippen LogP contribution < -0.4 is 0 Å². The van der Waals surface area contributed by atoms with Crippen molar-refractivity contribution in [3.63, 3.8) is 0 Å². The Hall–Kier alpha value is -0.990. The second kappa shape index (κ2) is 4.11. The molecule has 16 heavy (non-hydrogen) atoms. The van der Waals surface area contributed by atoms with Gasteiger partial charge in [0.2, 0.25) is 0 Å². The average Bonchev–Trinajstić information content (AvgIpc) is 2.14. The summed E-state index contributed by atoms with van der Waals surface area (Å²) in [6.07, 6.45) is 0.520. The molecule has 90 valence electrons. The van der Waals surface area contributed by atoms with Crippen molar-refractivity contribution in [2.45, 2.75) is 45.7 Å². The summed E-state index contributed by atoms with van der Waals surface area (Å²) in [7, 11) is 0. The van der Waals surface area contributed by atoms with Crippen molar-refractivity contribution in [2.24, 2.45) is 0 Å². The van der Waals surface area contributed by atoms with Crippen LogP contribution in [0.1, 0.15) is 44.4 Å². The van der Waals surface area contributed by atoms with E-state index in [0.717, 1.165) is 6.92 Å². The van der Waals surface area contributed by atoms with E-state index in [0.29, 0.717) is 17.5 Å². The molecule has 0 aliphatic carbocycles. The number of aryl methyl sites for hydroxylation is 1. The topological polar surface area (TPSA) is 0 Å². The van der Waals surface area contributed by atoms with E-state index in [1.54, 1.807) is 12.1 Å².